The number of ether oxygens (including phenoxy) is 2. The molecule has 7 heteroatoms. The first-order valence-electron chi connectivity index (χ1n) is 8.85. The lowest BCUT2D eigenvalue weighted by Crippen LogP contribution is -2.28. The monoisotopic (exact) mass is 378 g/mol. The lowest BCUT2D eigenvalue weighted by Gasteiger charge is -2.09. The van der Waals surface area contributed by atoms with Crippen molar-refractivity contribution in [3.8, 4) is 11.5 Å². The van der Waals surface area contributed by atoms with Crippen LogP contribution in [0, 0.1) is 6.92 Å². The molecule has 0 saturated carbocycles. The van der Waals surface area contributed by atoms with Gasteiger partial charge in [0.05, 0.1) is 13.7 Å². The van der Waals surface area contributed by atoms with E-state index in [-0.39, 0.29) is 11.6 Å². The maximum Gasteiger partial charge on any atom is 0.270 e. The van der Waals surface area contributed by atoms with Crippen LogP contribution in [0.25, 0.3) is 0 Å². The van der Waals surface area contributed by atoms with Crippen LogP contribution in [0.2, 0.25) is 0 Å². The van der Waals surface area contributed by atoms with Crippen LogP contribution in [-0.4, -0.2) is 36.1 Å². The number of aryl methyl sites for hydroxylation is 1. The molecule has 0 atom stereocenters. The Morgan fingerprint density at radius 3 is 2.43 bits per heavy atom. The molecule has 1 amide bonds. The number of carbonyl (C=O) groups is 1. The first kappa shape index (κ1) is 19.2. The average Bonchev–Trinajstić information content (AvgIpc) is 2.73. The second-order valence-corrected chi connectivity index (χ2v) is 6.06. The highest BCUT2D eigenvalue weighted by molar-refractivity contribution is 5.92. The predicted molar refractivity (Wildman–Crippen MR) is 107 cm³/mol. The third-order valence-corrected chi connectivity index (χ3v) is 3.94. The van der Waals surface area contributed by atoms with Crippen molar-refractivity contribution in [2.45, 2.75) is 6.92 Å². The summed E-state index contributed by atoms with van der Waals surface area (Å²) in [6.45, 7) is 2.72. The van der Waals surface area contributed by atoms with E-state index in [9.17, 15) is 4.79 Å². The Hall–Kier alpha value is -3.61. The minimum Gasteiger partial charge on any atom is -0.497 e. The van der Waals surface area contributed by atoms with E-state index in [0.717, 1.165) is 11.4 Å². The molecule has 0 unspecified atom stereocenters. The maximum absolute atomic E-state index is 12.3. The van der Waals surface area contributed by atoms with E-state index in [1.807, 2.05) is 55.5 Å². The third kappa shape index (κ3) is 5.44. The van der Waals surface area contributed by atoms with E-state index in [1.54, 1.807) is 13.2 Å². The molecule has 0 aliphatic rings. The van der Waals surface area contributed by atoms with E-state index in [0.29, 0.717) is 24.7 Å². The van der Waals surface area contributed by atoms with Crippen molar-refractivity contribution in [2.24, 2.45) is 0 Å². The molecule has 0 radical (unpaired) electrons. The lowest BCUT2D eigenvalue weighted by atomic mass is 10.2. The molecule has 1 aromatic heterocycles. The van der Waals surface area contributed by atoms with Gasteiger partial charge >= 0.3 is 0 Å². The normalized spacial score (nSPS) is 10.2. The summed E-state index contributed by atoms with van der Waals surface area (Å²) in [5, 5.41) is 5.94. The van der Waals surface area contributed by atoms with E-state index >= 15 is 0 Å². The van der Waals surface area contributed by atoms with Gasteiger partial charge in [-0.15, -0.1) is 0 Å². The Bertz CT molecular complexity index is 912. The van der Waals surface area contributed by atoms with Crippen molar-refractivity contribution in [3.63, 3.8) is 0 Å². The number of rotatable bonds is 8. The Morgan fingerprint density at radius 2 is 1.71 bits per heavy atom. The van der Waals surface area contributed by atoms with Gasteiger partial charge in [-0.1, -0.05) is 17.7 Å². The summed E-state index contributed by atoms with van der Waals surface area (Å²) >= 11 is 0. The second kappa shape index (κ2) is 9.36. The number of hydrogen-bond donors (Lipinski definition) is 2. The SMILES string of the molecule is COc1ccc(OCCNC(=O)c2cc(Nc3ccc(C)cc3)ncn2)cc1. The van der Waals surface area contributed by atoms with Gasteiger partial charge in [-0.2, -0.15) is 0 Å². The molecule has 0 bridgehead atoms. The molecule has 2 N–H and O–H groups in total. The number of benzene rings is 2. The molecule has 3 rings (SSSR count). The van der Waals surface area contributed by atoms with E-state index in [2.05, 4.69) is 20.6 Å². The van der Waals surface area contributed by atoms with Crippen molar-refractivity contribution in [1.82, 2.24) is 15.3 Å². The van der Waals surface area contributed by atoms with Crippen LogP contribution in [-0.2, 0) is 0 Å². The van der Waals surface area contributed by atoms with Gasteiger partial charge in [0, 0.05) is 11.8 Å². The van der Waals surface area contributed by atoms with Gasteiger partial charge in [0.2, 0.25) is 0 Å². The smallest absolute Gasteiger partial charge is 0.270 e. The van der Waals surface area contributed by atoms with Crippen molar-refractivity contribution >= 4 is 17.4 Å². The summed E-state index contributed by atoms with van der Waals surface area (Å²) < 4.78 is 10.7. The predicted octanol–water partition coefficient (Wildman–Crippen LogP) is 3.35. The molecular weight excluding hydrogens is 356 g/mol. The summed E-state index contributed by atoms with van der Waals surface area (Å²) in [7, 11) is 1.61. The fraction of sp³-hybridized carbons (Fsp3) is 0.190. The van der Waals surface area contributed by atoms with Gasteiger partial charge in [-0.25, -0.2) is 9.97 Å². The van der Waals surface area contributed by atoms with Crippen molar-refractivity contribution in [2.75, 3.05) is 25.6 Å². The number of anilines is 2. The highest BCUT2D eigenvalue weighted by Gasteiger charge is 2.08. The number of carbonyl (C=O) groups excluding carboxylic acids is 1. The Morgan fingerprint density at radius 1 is 1.00 bits per heavy atom. The third-order valence-electron chi connectivity index (χ3n) is 3.94. The van der Waals surface area contributed by atoms with Crippen molar-refractivity contribution in [3.05, 3.63) is 72.2 Å². The summed E-state index contributed by atoms with van der Waals surface area (Å²) in [4.78, 5) is 20.5. The highest BCUT2D eigenvalue weighted by atomic mass is 16.5. The largest absolute Gasteiger partial charge is 0.497 e. The molecule has 0 aliphatic heterocycles. The number of hydrogen-bond acceptors (Lipinski definition) is 6. The number of methoxy groups -OCH3 is 1. The van der Waals surface area contributed by atoms with E-state index in [1.165, 1.54) is 11.9 Å². The zero-order chi connectivity index (χ0) is 19.8. The van der Waals surface area contributed by atoms with E-state index in [4.69, 9.17) is 9.47 Å². The first-order chi connectivity index (χ1) is 13.6. The first-order valence-corrected chi connectivity index (χ1v) is 8.85. The zero-order valence-electron chi connectivity index (χ0n) is 15.8. The molecule has 144 valence electrons. The van der Waals surface area contributed by atoms with Crippen LogP contribution in [0.1, 0.15) is 16.1 Å². The van der Waals surface area contributed by atoms with E-state index < -0.39 is 0 Å². The Balaban J connectivity index is 1.49. The molecule has 0 aliphatic carbocycles. The maximum atomic E-state index is 12.3. The van der Waals surface area contributed by atoms with Gasteiger partial charge in [0.1, 0.15) is 35.9 Å². The Kier molecular flexibility index (Phi) is 6.41. The van der Waals surface area contributed by atoms with Gasteiger partial charge in [-0.3, -0.25) is 4.79 Å². The second-order valence-electron chi connectivity index (χ2n) is 6.06. The minimum absolute atomic E-state index is 0.285. The van der Waals surface area contributed by atoms with Crippen LogP contribution >= 0.6 is 0 Å². The van der Waals surface area contributed by atoms with Gasteiger partial charge in [0.25, 0.3) is 5.91 Å². The highest BCUT2D eigenvalue weighted by Crippen LogP contribution is 2.17. The quantitative estimate of drug-likeness (QED) is 0.585. The Labute approximate surface area is 163 Å². The molecule has 0 spiro atoms. The summed E-state index contributed by atoms with van der Waals surface area (Å²) in [6, 6.07) is 16.8. The molecule has 7 nitrogen and oxygen atoms in total. The molecule has 0 fully saturated rings. The lowest BCUT2D eigenvalue weighted by molar-refractivity contribution is 0.0942. The summed E-state index contributed by atoms with van der Waals surface area (Å²) in [5.41, 5.74) is 2.35. The summed E-state index contributed by atoms with van der Waals surface area (Å²) in [6.07, 6.45) is 1.36. The summed E-state index contributed by atoms with van der Waals surface area (Å²) in [5.74, 6) is 1.74. The van der Waals surface area contributed by atoms with Crippen LogP contribution in [0.5, 0.6) is 11.5 Å². The average molecular weight is 378 g/mol. The standard InChI is InChI=1S/C21H22N4O3/c1-15-3-5-16(6-4-15)25-20-13-19(23-14-24-20)21(26)22-11-12-28-18-9-7-17(27-2)8-10-18/h3-10,13-14H,11-12H2,1-2H3,(H,22,26)(H,23,24,25). The number of amides is 1. The van der Waals surface area contributed by atoms with Crippen molar-refractivity contribution < 1.29 is 14.3 Å². The number of nitrogens with zero attached hydrogens (tertiary/aromatic N) is 2. The van der Waals surface area contributed by atoms with Crippen molar-refractivity contribution in [1.29, 1.82) is 0 Å². The van der Waals surface area contributed by atoms with Crippen LogP contribution in [0.15, 0.2) is 60.9 Å². The van der Waals surface area contributed by atoms with Crippen LogP contribution in [0.3, 0.4) is 0 Å². The van der Waals surface area contributed by atoms with Gasteiger partial charge < -0.3 is 20.1 Å². The van der Waals surface area contributed by atoms with Gasteiger partial charge in [-0.05, 0) is 43.3 Å². The molecule has 28 heavy (non-hydrogen) atoms. The topological polar surface area (TPSA) is 85.4 Å². The molecular formula is C21H22N4O3. The molecule has 2 aromatic carbocycles. The van der Waals surface area contributed by atoms with Crippen LogP contribution in [0.4, 0.5) is 11.5 Å². The fourth-order valence-corrected chi connectivity index (χ4v) is 2.43. The molecule has 1 heterocycles. The number of nitrogens with one attached hydrogen (secondary N) is 2. The number of aromatic nitrogens is 2. The molecule has 3 aromatic rings. The zero-order valence-corrected chi connectivity index (χ0v) is 15.8. The fourth-order valence-electron chi connectivity index (χ4n) is 2.43. The van der Waals surface area contributed by atoms with Crippen LogP contribution < -0.4 is 20.1 Å². The molecule has 0 saturated heterocycles. The van der Waals surface area contributed by atoms with Gasteiger partial charge in [0.15, 0.2) is 0 Å². The minimum atomic E-state index is -0.285.